The lowest BCUT2D eigenvalue weighted by Crippen LogP contribution is -2.21. The van der Waals surface area contributed by atoms with Crippen molar-refractivity contribution in [1.29, 1.82) is 0 Å². The lowest BCUT2D eigenvalue weighted by molar-refractivity contribution is 0.600. The van der Waals surface area contributed by atoms with Crippen LogP contribution in [0, 0.1) is 13.8 Å². The van der Waals surface area contributed by atoms with Gasteiger partial charge in [0, 0.05) is 16.8 Å². The topological polar surface area (TPSA) is 91.9 Å². The van der Waals surface area contributed by atoms with E-state index in [0.717, 1.165) is 42.4 Å². The average molecular weight is 410 g/mol. The number of anilines is 1. The number of sulfonamides is 1. The summed E-state index contributed by atoms with van der Waals surface area (Å²) in [4.78, 5) is 12.3. The molecule has 2 N–H and O–H groups in total. The number of benzene rings is 2. The normalized spacial score (nSPS) is 13.7. The number of aromatic nitrogens is 2. The zero-order valence-corrected chi connectivity index (χ0v) is 17.3. The van der Waals surface area contributed by atoms with Gasteiger partial charge in [0.2, 0.25) is 0 Å². The average Bonchev–Trinajstić information content (AvgIpc) is 2.69. The first-order valence-corrected chi connectivity index (χ1v) is 11.1. The molecule has 0 radical (unpaired) electrons. The van der Waals surface area contributed by atoms with E-state index in [0.29, 0.717) is 22.5 Å². The predicted molar refractivity (Wildman–Crippen MR) is 114 cm³/mol. The van der Waals surface area contributed by atoms with Crippen molar-refractivity contribution in [2.24, 2.45) is 0 Å². The number of nitrogens with one attached hydrogen (secondary N) is 2. The van der Waals surface area contributed by atoms with Crippen LogP contribution in [0.1, 0.15) is 35.1 Å². The molecule has 1 heterocycles. The molecule has 1 aliphatic rings. The molecule has 7 heteroatoms. The van der Waals surface area contributed by atoms with Gasteiger partial charge in [-0.05, 0) is 74.4 Å². The zero-order chi connectivity index (χ0) is 20.6. The van der Waals surface area contributed by atoms with Gasteiger partial charge in [0.15, 0.2) is 0 Å². The largest absolute Gasteiger partial charge is 0.280 e. The summed E-state index contributed by atoms with van der Waals surface area (Å²) >= 11 is 0. The van der Waals surface area contributed by atoms with Crippen molar-refractivity contribution in [2.75, 3.05) is 4.72 Å². The maximum absolute atomic E-state index is 13.1. The Labute approximate surface area is 170 Å². The summed E-state index contributed by atoms with van der Waals surface area (Å²) in [6.45, 7) is 3.68. The molecule has 0 saturated heterocycles. The van der Waals surface area contributed by atoms with E-state index in [9.17, 15) is 13.2 Å². The highest BCUT2D eigenvalue weighted by Gasteiger charge is 2.22. The Hall–Kier alpha value is -2.93. The monoisotopic (exact) mass is 409 g/mol. The minimum Gasteiger partial charge on any atom is -0.280 e. The van der Waals surface area contributed by atoms with Gasteiger partial charge in [-0.25, -0.2) is 13.5 Å². The molecule has 150 valence electrons. The van der Waals surface area contributed by atoms with Crippen molar-refractivity contribution in [2.45, 2.75) is 44.4 Å². The molecular formula is C22H23N3O3S. The lowest BCUT2D eigenvalue weighted by atomic mass is 9.90. The fourth-order valence-corrected chi connectivity index (χ4v) is 5.17. The molecule has 0 fully saturated rings. The molecule has 1 aliphatic carbocycles. The van der Waals surface area contributed by atoms with Crippen LogP contribution in [-0.4, -0.2) is 18.6 Å². The molecule has 3 aromatic rings. The summed E-state index contributed by atoms with van der Waals surface area (Å²) in [6.07, 6.45) is 3.48. The smallest absolute Gasteiger partial charge is 0.267 e. The molecule has 0 aliphatic heterocycles. The van der Waals surface area contributed by atoms with E-state index in [1.807, 2.05) is 25.1 Å². The number of hydrogen-bond acceptors (Lipinski definition) is 4. The van der Waals surface area contributed by atoms with Crippen molar-refractivity contribution < 1.29 is 8.42 Å². The minimum atomic E-state index is -3.77. The van der Waals surface area contributed by atoms with Crippen molar-refractivity contribution >= 4 is 15.7 Å². The number of nitrogens with zero attached hydrogens (tertiary/aromatic N) is 1. The van der Waals surface area contributed by atoms with Gasteiger partial charge in [0.25, 0.3) is 15.6 Å². The van der Waals surface area contributed by atoms with E-state index in [-0.39, 0.29) is 10.5 Å². The zero-order valence-electron chi connectivity index (χ0n) is 16.5. The molecular weight excluding hydrogens is 386 g/mol. The summed E-state index contributed by atoms with van der Waals surface area (Å²) in [6, 6.07) is 12.5. The molecule has 29 heavy (non-hydrogen) atoms. The fraction of sp³-hybridized carbons (Fsp3) is 0.273. The molecule has 0 spiro atoms. The van der Waals surface area contributed by atoms with E-state index < -0.39 is 10.0 Å². The van der Waals surface area contributed by atoms with Gasteiger partial charge in [-0.15, -0.1) is 0 Å². The van der Waals surface area contributed by atoms with Gasteiger partial charge < -0.3 is 0 Å². The summed E-state index contributed by atoms with van der Waals surface area (Å²) in [5.74, 6) is 0. The van der Waals surface area contributed by atoms with Gasteiger partial charge in [0.05, 0.1) is 10.6 Å². The number of aromatic amines is 1. The summed E-state index contributed by atoms with van der Waals surface area (Å²) in [7, 11) is -3.77. The number of hydrogen-bond donors (Lipinski definition) is 2. The molecule has 0 unspecified atom stereocenters. The second-order valence-electron chi connectivity index (χ2n) is 7.52. The summed E-state index contributed by atoms with van der Waals surface area (Å²) < 4.78 is 28.8. The highest BCUT2D eigenvalue weighted by atomic mass is 32.2. The van der Waals surface area contributed by atoms with E-state index in [4.69, 9.17) is 0 Å². The molecule has 4 rings (SSSR count). The van der Waals surface area contributed by atoms with Gasteiger partial charge >= 0.3 is 0 Å². The first kappa shape index (κ1) is 19.4. The molecule has 0 saturated carbocycles. The van der Waals surface area contributed by atoms with Crippen LogP contribution in [0.5, 0.6) is 0 Å². The molecule has 0 atom stereocenters. The third kappa shape index (κ3) is 3.82. The third-order valence-corrected chi connectivity index (χ3v) is 6.84. The molecule has 0 amide bonds. The van der Waals surface area contributed by atoms with Gasteiger partial charge in [-0.3, -0.25) is 9.52 Å². The van der Waals surface area contributed by atoms with Crippen LogP contribution in [0.15, 0.2) is 52.2 Å². The summed E-state index contributed by atoms with van der Waals surface area (Å²) in [5.41, 5.74) is 5.04. The Kier molecular flexibility index (Phi) is 5.00. The highest BCUT2D eigenvalue weighted by molar-refractivity contribution is 7.92. The van der Waals surface area contributed by atoms with E-state index >= 15 is 0 Å². The minimum absolute atomic E-state index is 0.149. The maximum atomic E-state index is 13.1. The standard InChI is InChI=1S/C22H23N3O3S/c1-14-6-5-7-17(12-14)25-29(27,28)20-13-16(11-10-15(20)2)21-18-8-3-4-9-19(18)22(26)24-23-21/h5-7,10-13,25H,3-4,8-9H2,1-2H3,(H,24,26). The van der Waals surface area contributed by atoms with Crippen molar-refractivity contribution in [3.63, 3.8) is 0 Å². The van der Waals surface area contributed by atoms with Crippen LogP contribution in [-0.2, 0) is 22.9 Å². The SMILES string of the molecule is Cc1cccc(NS(=O)(=O)c2cc(-c3n[nH]c(=O)c4c3CCCC4)ccc2C)c1. The Bertz CT molecular complexity index is 1250. The van der Waals surface area contributed by atoms with Gasteiger partial charge in [0.1, 0.15) is 0 Å². The van der Waals surface area contributed by atoms with Crippen LogP contribution >= 0.6 is 0 Å². The van der Waals surface area contributed by atoms with Crippen LogP contribution in [0.25, 0.3) is 11.3 Å². The van der Waals surface area contributed by atoms with Crippen molar-refractivity contribution in [3.8, 4) is 11.3 Å². The van der Waals surface area contributed by atoms with Crippen LogP contribution in [0.2, 0.25) is 0 Å². The summed E-state index contributed by atoms with van der Waals surface area (Å²) in [5, 5.41) is 6.83. The molecule has 0 bridgehead atoms. The Morgan fingerprint density at radius 3 is 2.52 bits per heavy atom. The first-order valence-electron chi connectivity index (χ1n) is 9.66. The number of fused-ring (bicyclic) bond motifs is 1. The van der Waals surface area contributed by atoms with Crippen LogP contribution in [0.4, 0.5) is 5.69 Å². The third-order valence-electron chi connectivity index (χ3n) is 5.32. The second kappa shape index (κ2) is 7.48. The Morgan fingerprint density at radius 1 is 1.00 bits per heavy atom. The van der Waals surface area contributed by atoms with Crippen LogP contribution in [0.3, 0.4) is 0 Å². The Morgan fingerprint density at radius 2 is 1.76 bits per heavy atom. The van der Waals surface area contributed by atoms with Gasteiger partial charge in [-0.1, -0.05) is 24.3 Å². The number of aryl methyl sites for hydroxylation is 2. The predicted octanol–water partition coefficient (Wildman–Crippen LogP) is 3.73. The Balaban J connectivity index is 1.79. The van der Waals surface area contributed by atoms with E-state index in [1.165, 1.54) is 0 Å². The van der Waals surface area contributed by atoms with Crippen molar-refractivity contribution in [3.05, 3.63) is 75.1 Å². The maximum Gasteiger partial charge on any atom is 0.267 e. The first-order chi connectivity index (χ1) is 13.8. The fourth-order valence-electron chi connectivity index (χ4n) is 3.85. The molecule has 1 aromatic heterocycles. The lowest BCUT2D eigenvalue weighted by Gasteiger charge is -2.18. The van der Waals surface area contributed by atoms with Crippen molar-refractivity contribution in [1.82, 2.24) is 10.2 Å². The van der Waals surface area contributed by atoms with E-state index in [1.54, 1.807) is 31.2 Å². The molecule has 6 nitrogen and oxygen atoms in total. The number of rotatable bonds is 4. The quantitative estimate of drug-likeness (QED) is 0.687. The highest BCUT2D eigenvalue weighted by Crippen LogP contribution is 2.30. The number of H-pyrrole nitrogens is 1. The van der Waals surface area contributed by atoms with Crippen LogP contribution < -0.4 is 10.3 Å². The molecule has 2 aromatic carbocycles. The second-order valence-corrected chi connectivity index (χ2v) is 9.17. The van der Waals surface area contributed by atoms with E-state index in [2.05, 4.69) is 14.9 Å². The van der Waals surface area contributed by atoms with Gasteiger partial charge in [-0.2, -0.15) is 5.10 Å².